The van der Waals surface area contributed by atoms with Crippen molar-refractivity contribution >= 4 is 17.7 Å². The van der Waals surface area contributed by atoms with Gasteiger partial charge < -0.3 is 4.90 Å². The Morgan fingerprint density at radius 3 is 2.79 bits per heavy atom. The largest absolute Gasteiger partial charge is 0.341 e. The number of hydrogen-bond acceptors (Lipinski definition) is 2. The van der Waals surface area contributed by atoms with Crippen LogP contribution in [0.5, 0.6) is 0 Å². The summed E-state index contributed by atoms with van der Waals surface area (Å²) in [7, 11) is 0. The van der Waals surface area contributed by atoms with Gasteiger partial charge in [-0.15, -0.1) is 0 Å². The van der Waals surface area contributed by atoms with Crippen molar-refractivity contribution in [2.24, 2.45) is 11.8 Å². The quantitative estimate of drug-likeness (QED) is 0.782. The highest BCUT2D eigenvalue weighted by atomic mass is 32.2. The van der Waals surface area contributed by atoms with Crippen molar-refractivity contribution < 1.29 is 4.79 Å². The lowest BCUT2D eigenvalue weighted by Gasteiger charge is -2.32. The fourth-order valence-corrected chi connectivity index (χ4v) is 4.68. The molecule has 0 radical (unpaired) electrons. The summed E-state index contributed by atoms with van der Waals surface area (Å²) >= 11 is 2.04. The van der Waals surface area contributed by atoms with E-state index in [0.717, 1.165) is 31.8 Å². The molecular formula is C16H29NOS. The van der Waals surface area contributed by atoms with Gasteiger partial charge in [-0.25, -0.2) is 0 Å². The van der Waals surface area contributed by atoms with Crippen molar-refractivity contribution in [2.75, 3.05) is 18.8 Å². The van der Waals surface area contributed by atoms with Gasteiger partial charge >= 0.3 is 0 Å². The molecule has 0 aromatic carbocycles. The van der Waals surface area contributed by atoms with Gasteiger partial charge in [-0.1, -0.05) is 33.1 Å². The van der Waals surface area contributed by atoms with E-state index in [1.165, 1.54) is 37.9 Å². The summed E-state index contributed by atoms with van der Waals surface area (Å²) in [5.41, 5.74) is 0. The molecule has 110 valence electrons. The zero-order valence-corrected chi connectivity index (χ0v) is 13.4. The second kappa shape index (κ2) is 7.56. The van der Waals surface area contributed by atoms with Gasteiger partial charge in [0.1, 0.15) is 0 Å². The summed E-state index contributed by atoms with van der Waals surface area (Å²) in [6.07, 6.45) is 8.61. The van der Waals surface area contributed by atoms with Crippen LogP contribution >= 0.6 is 11.8 Å². The Bertz CT molecular complexity index is 294. The van der Waals surface area contributed by atoms with Gasteiger partial charge in [0.05, 0.1) is 0 Å². The molecule has 2 aliphatic rings. The fraction of sp³-hybridized carbons (Fsp3) is 0.938. The summed E-state index contributed by atoms with van der Waals surface area (Å²) in [6, 6.07) is 0. The van der Waals surface area contributed by atoms with Crippen LogP contribution in [-0.4, -0.2) is 34.9 Å². The SMILES string of the molecule is CCS[C@@H]1CCCCN(C(=O)[C@@H]2CCC[C@H](C)C2)C1. The standard InChI is InChI=1S/C16H29NOS/c1-3-19-15-9-4-5-10-17(12-15)16(18)14-8-6-7-13(2)11-14/h13-15H,3-12H2,1-2H3/t13-,14+,15+/m0/s1. The lowest BCUT2D eigenvalue weighted by Crippen LogP contribution is -2.40. The first kappa shape index (κ1) is 15.2. The number of thioether (sulfide) groups is 1. The number of carbonyl (C=O) groups excluding carboxylic acids is 1. The Labute approximate surface area is 122 Å². The molecule has 1 aliphatic carbocycles. The van der Waals surface area contributed by atoms with E-state index in [1.807, 2.05) is 11.8 Å². The van der Waals surface area contributed by atoms with Crippen LogP contribution in [0.2, 0.25) is 0 Å². The minimum atomic E-state index is 0.328. The Kier molecular flexibility index (Phi) is 6.06. The molecule has 2 rings (SSSR count). The number of rotatable bonds is 3. The maximum absolute atomic E-state index is 12.7. The Morgan fingerprint density at radius 1 is 1.21 bits per heavy atom. The molecule has 1 heterocycles. The summed E-state index contributed by atoms with van der Waals surface area (Å²) in [6.45, 7) is 6.54. The van der Waals surface area contributed by atoms with Crippen LogP contribution in [0.1, 0.15) is 58.8 Å². The maximum atomic E-state index is 12.7. The molecule has 1 saturated heterocycles. The molecule has 0 spiro atoms. The van der Waals surface area contributed by atoms with Crippen LogP contribution in [0.4, 0.5) is 0 Å². The molecule has 3 heteroatoms. The predicted octanol–water partition coefficient (Wildman–Crippen LogP) is 3.95. The van der Waals surface area contributed by atoms with Gasteiger partial charge in [0.25, 0.3) is 0 Å². The van der Waals surface area contributed by atoms with E-state index in [-0.39, 0.29) is 0 Å². The minimum absolute atomic E-state index is 0.328. The Morgan fingerprint density at radius 2 is 2.05 bits per heavy atom. The maximum Gasteiger partial charge on any atom is 0.225 e. The lowest BCUT2D eigenvalue weighted by molar-refractivity contribution is -0.136. The average Bonchev–Trinajstić information content (AvgIpc) is 2.64. The van der Waals surface area contributed by atoms with Crippen molar-refractivity contribution in [3.05, 3.63) is 0 Å². The van der Waals surface area contributed by atoms with Crippen LogP contribution in [0, 0.1) is 11.8 Å². The van der Waals surface area contributed by atoms with Crippen LogP contribution in [0.3, 0.4) is 0 Å². The molecule has 2 nitrogen and oxygen atoms in total. The van der Waals surface area contributed by atoms with Crippen LogP contribution in [0.15, 0.2) is 0 Å². The molecule has 0 N–H and O–H groups in total. The lowest BCUT2D eigenvalue weighted by atomic mass is 9.81. The minimum Gasteiger partial charge on any atom is -0.341 e. The smallest absolute Gasteiger partial charge is 0.225 e. The fourth-order valence-electron chi connectivity index (χ4n) is 3.59. The molecule has 3 atom stereocenters. The number of nitrogens with zero attached hydrogens (tertiary/aromatic N) is 1. The topological polar surface area (TPSA) is 20.3 Å². The molecular weight excluding hydrogens is 254 g/mol. The summed E-state index contributed by atoms with van der Waals surface area (Å²) < 4.78 is 0. The monoisotopic (exact) mass is 283 g/mol. The highest BCUT2D eigenvalue weighted by Crippen LogP contribution is 2.31. The van der Waals surface area contributed by atoms with Crippen LogP contribution in [-0.2, 0) is 4.79 Å². The molecule has 0 aromatic heterocycles. The average molecular weight is 283 g/mol. The summed E-state index contributed by atoms with van der Waals surface area (Å²) in [5.74, 6) is 2.72. The van der Waals surface area contributed by atoms with Gasteiger partial charge in [-0.2, -0.15) is 11.8 Å². The van der Waals surface area contributed by atoms with E-state index in [4.69, 9.17) is 0 Å². The highest BCUT2D eigenvalue weighted by molar-refractivity contribution is 7.99. The summed E-state index contributed by atoms with van der Waals surface area (Å²) in [5, 5.41) is 0.678. The third-order valence-electron chi connectivity index (χ3n) is 4.63. The van der Waals surface area contributed by atoms with Crippen LogP contribution < -0.4 is 0 Å². The van der Waals surface area contributed by atoms with Crippen molar-refractivity contribution in [1.29, 1.82) is 0 Å². The molecule has 2 fully saturated rings. The van der Waals surface area contributed by atoms with Crippen molar-refractivity contribution in [2.45, 2.75) is 64.0 Å². The molecule has 0 aromatic rings. The first-order chi connectivity index (χ1) is 9.20. The molecule has 1 aliphatic heterocycles. The Balaban J connectivity index is 1.92. The normalized spacial score (nSPS) is 32.9. The second-order valence-electron chi connectivity index (χ2n) is 6.33. The first-order valence-corrected chi connectivity index (χ1v) is 9.16. The molecule has 1 saturated carbocycles. The zero-order valence-electron chi connectivity index (χ0n) is 12.6. The van der Waals surface area contributed by atoms with E-state index in [0.29, 0.717) is 17.1 Å². The number of amides is 1. The second-order valence-corrected chi connectivity index (χ2v) is 7.90. The number of hydrogen-bond donors (Lipinski definition) is 0. The number of likely N-dealkylation sites (tertiary alicyclic amines) is 1. The van der Waals surface area contributed by atoms with E-state index in [9.17, 15) is 4.79 Å². The highest BCUT2D eigenvalue weighted by Gasteiger charge is 2.30. The van der Waals surface area contributed by atoms with E-state index in [2.05, 4.69) is 18.7 Å². The molecule has 0 unspecified atom stereocenters. The molecule has 1 amide bonds. The Hall–Kier alpha value is -0.180. The third-order valence-corrected chi connectivity index (χ3v) is 5.82. The van der Waals surface area contributed by atoms with Gasteiger partial charge in [-0.3, -0.25) is 4.79 Å². The molecule has 19 heavy (non-hydrogen) atoms. The summed E-state index contributed by atoms with van der Waals surface area (Å²) in [4.78, 5) is 14.9. The molecule has 0 bridgehead atoms. The third kappa shape index (κ3) is 4.40. The van der Waals surface area contributed by atoms with E-state index in [1.54, 1.807) is 0 Å². The van der Waals surface area contributed by atoms with Gasteiger partial charge in [0.15, 0.2) is 0 Å². The van der Waals surface area contributed by atoms with Gasteiger partial charge in [-0.05, 0) is 37.4 Å². The zero-order chi connectivity index (χ0) is 13.7. The number of carbonyl (C=O) groups is 1. The van der Waals surface area contributed by atoms with E-state index < -0.39 is 0 Å². The van der Waals surface area contributed by atoms with Crippen molar-refractivity contribution in [3.8, 4) is 0 Å². The van der Waals surface area contributed by atoms with Crippen molar-refractivity contribution in [1.82, 2.24) is 4.90 Å². The van der Waals surface area contributed by atoms with E-state index >= 15 is 0 Å². The van der Waals surface area contributed by atoms with Crippen molar-refractivity contribution in [3.63, 3.8) is 0 Å². The van der Waals surface area contributed by atoms with Crippen LogP contribution in [0.25, 0.3) is 0 Å². The first-order valence-electron chi connectivity index (χ1n) is 8.11. The van der Waals surface area contributed by atoms with Gasteiger partial charge in [0.2, 0.25) is 5.91 Å². The predicted molar refractivity (Wildman–Crippen MR) is 83.5 cm³/mol. The van der Waals surface area contributed by atoms with Gasteiger partial charge in [0, 0.05) is 24.3 Å².